The Bertz CT molecular complexity index is 837. The SMILES string of the molecule is COc1ccc(C(=O)O)nc1-c1c[nH]c2c(C)cccc12. The number of para-hydroxylation sites is 1. The molecule has 2 heterocycles. The van der Waals surface area contributed by atoms with Crippen LogP contribution >= 0.6 is 0 Å². The molecule has 0 spiro atoms. The number of H-pyrrole nitrogens is 1. The summed E-state index contributed by atoms with van der Waals surface area (Å²) in [6, 6.07) is 9.01. The van der Waals surface area contributed by atoms with E-state index in [1.54, 1.807) is 13.2 Å². The number of fused-ring (bicyclic) bond motifs is 1. The summed E-state index contributed by atoms with van der Waals surface area (Å²) in [6.07, 6.45) is 1.83. The van der Waals surface area contributed by atoms with E-state index in [0.717, 1.165) is 22.0 Å². The summed E-state index contributed by atoms with van der Waals surface area (Å²) >= 11 is 0. The lowest BCUT2D eigenvalue weighted by atomic mass is 10.1. The van der Waals surface area contributed by atoms with E-state index in [1.165, 1.54) is 6.07 Å². The van der Waals surface area contributed by atoms with E-state index in [2.05, 4.69) is 9.97 Å². The zero-order valence-electron chi connectivity index (χ0n) is 11.7. The van der Waals surface area contributed by atoms with Crippen molar-refractivity contribution in [1.29, 1.82) is 0 Å². The lowest BCUT2D eigenvalue weighted by Crippen LogP contribution is -2.02. The van der Waals surface area contributed by atoms with Gasteiger partial charge in [0.1, 0.15) is 17.1 Å². The number of rotatable bonds is 3. The number of carboxylic acid groups (broad SMARTS) is 1. The number of methoxy groups -OCH3 is 1. The number of hydrogen-bond acceptors (Lipinski definition) is 3. The molecule has 3 aromatic rings. The lowest BCUT2D eigenvalue weighted by molar-refractivity contribution is 0.0690. The molecule has 106 valence electrons. The molecular weight excluding hydrogens is 268 g/mol. The van der Waals surface area contributed by atoms with Crippen molar-refractivity contribution in [1.82, 2.24) is 9.97 Å². The van der Waals surface area contributed by atoms with Gasteiger partial charge in [-0.3, -0.25) is 0 Å². The van der Waals surface area contributed by atoms with Crippen molar-refractivity contribution in [2.75, 3.05) is 7.11 Å². The summed E-state index contributed by atoms with van der Waals surface area (Å²) in [4.78, 5) is 18.6. The molecule has 2 aromatic heterocycles. The van der Waals surface area contributed by atoms with Gasteiger partial charge in [-0.1, -0.05) is 18.2 Å². The fourth-order valence-corrected chi connectivity index (χ4v) is 2.42. The Kier molecular flexibility index (Phi) is 3.10. The average molecular weight is 282 g/mol. The number of aromatic amines is 1. The second-order valence-electron chi connectivity index (χ2n) is 4.75. The number of carbonyl (C=O) groups is 1. The molecule has 3 rings (SSSR count). The largest absolute Gasteiger partial charge is 0.494 e. The smallest absolute Gasteiger partial charge is 0.354 e. The van der Waals surface area contributed by atoms with Crippen molar-refractivity contribution in [3.05, 3.63) is 47.8 Å². The van der Waals surface area contributed by atoms with Gasteiger partial charge in [0.05, 0.1) is 7.11 Å². The highest BCUT2D eigenvalue weighted by Crippen LogP contribution is 2.34. The van der Waals surface area contributed by atoms with Crippen LogP contribution in [-0.2, 0) is 0 Å². The molecule has 5 nitrogen and oxygen atoms in total. The fourth-order valence-electron chi connectivity index (χ4n) is 2.42. The van der Waals surface area contributed by atoms with E-state index in [9.17, 15) is 4.79 Å². The maximum Gasteiger partial charge on any atom is 0.354 e. The average Bonchev–Trinajstić information content (AvgIpc) is 2.91. The molecule has 0 aliphatic rings. The van der Waals surface area contributed by atoms with Crippen molar-refractivity contribution < 1.29 is 14.6 Å². The van der Waals surface area contributed by atoms with Crippen LogP contribution in [0.3, 0.4) is 0 Å². The van der Waals surface area contributed by atoms with E-state index in [-0.39, 0.29) is 5.69 Å². The standard InChI is InChI=1S/C16H14N2O3/c1-9-4-3-5-10-11(8-17-14(9)10)15-13(21-2)7-6-12(18-15)16(19)20/h3-8,17H,1-2H3,(H,19,20). The Balaban J connectivity index is 2.29. The first kappa shape index (κ1) is 13.2. The summed E-state index contributed by atoms with van der Waals surface area (Å²) in [6.45, 7) is 2.01. The maximum absolute atomic E-state index is 11.1. The van der Waals surface area contributed by atoms with Gasteiger partial charge in [-0.05, 0) is 24.6 Å². The van der Waals surface area contributed by atoms with Gasteiger partial charge in [0.15, 0.2) is 0 Å². The molecular formula is C16H14N2O3. The third-order valence-corrected chi connectivity index (χ3v) is 3.48. The van der Waals surface area contributed by atoms with Crippen LogP contribution in [0.4, 0.5) is 0 Å². The minimum absolute atomic E-state index is 0.00666. The molecule has 0 atom stereocenters. The first-order valence-corrected chi connectivity index (χ1v) is 6.47. The number of ether oxygens (including phenoxy) is 1. The fraction of sp³-hybridized carbons (Fsp3) is 0.125. The summed E-state index contributed by atoms with van der Waals surface area (Å²) < 4.78 is 5.31. The maximum atomic E-state index is 11.1. The van der Waals surface area contributed by atoms with Gasteiger partial charge in [-0.25, -0.2) is 9.78 Å². The topological polar surface area (TPSA) is 75.2 Å². The first-order chi connectivity index (χ1) is 10.1. The van der Waals surface area contributed by atoms with Crippen molar-refractivity contribution in [3.63, 3.8) is 0 Å². The van der Waals surface area contributed by atoms with E-state index in [4.69, 9.17) is 9.84 Å². The van der Waals surface area contributed by atoms with Crippen LogP contribution in [0.15, 0.2) is 36.5 Å². The molecule has 0 saturated carbocycles. The van der Waals surface area contributed by atoms with E-state index in [0.29, 0.717) is 11.4 Å². The van der Waals surface area contributed by atoms with Crippen LogP contribution in [-0.4, -0.2) is 28.2 Å². The Morgan fingerprint density at radius 2 is 2.10 bits per heavy atom. The number of aromatic nitrogens is 2. The molecule has 0 saturated heterocycles. The number of aryl methyl sites for hydroxylation is 1. The van der Waals surface area contributed by atoms with E-state index < -0.39 is 5.97 Å². The molecule has 1 aromatic carbocycles. The van der Waals surface area contributed by atoms with Crippen molar-refractivity contribution >= 4 is 16.9 Å². The molecule has 21 heavy (non-hydrogen) atoms. The highest BCUT2D eigenvalue weighted by atomic mass is 16.5. The third kappa shape index (κ3) is 2.12. The number of nitrogens with zero attached hydrogens (tertiary/aromatic N) is 1. The predicted molar refractivity (Wildman–Crippen MR) is 79.8 cm³/mol. The highest BCUT2D eigenvalue weighted by molar-refractivity contribution is 5.98. The minimum Gasteiger partial charge on any atom is -0.494 e. The normalized spacial score (nSPS) is 10.8. The number of carboxylic acids is 1. The first-order valence-electron chi connectivity index (χ1n) is 6.47. The monoisotopic (exact) mass is 282 g/mol. The summed E-state index contributed by atoms with van der Waals surface area (Å²) in [5, 5.41) is 10.1. The van der Waals surface area contributed by atoms with Crippen molar-refractivity contribution in [2.24, 2.45) is 0 Å². The third-order valence-electron chi connectivity index (χ3n) is 3.48. The van der Waals surface area contributed by atoms with E-state index >= 15 is 0 Å². The lowest BCUT2D eigenvalue weighted by Gasteiger charge is -2.08. The van der Waals surface area contributed by atoms with Crippen LogP contribution in [0.5, 0.6) is 5.75 Å². The Hall–Kier alpha value is -2.82. The second kappa shape index (κ2) is 4.94. The Labute approximate surface area is 121 Å². The molecule has 0 bridgehead atoms. The zero-order chi connectivity index (χ0) is 15.0. The Morgan fingerprint density at radius 3 is 2.81 bits per heavy atom. The predicted octanol–water partition coefficient (Wildman–Crippen LogP) is 3.25. The van der Waals surface area contributed by atoms with Gasteiger partial charge in [0.25, 0.3) is 0 Å². The van der Waals surface area contributed by atoms with Gasteiger partial charge >= 0.3 is 5.97 Å². The van der Waals surface area contributed by atoms with Crippen molar-refractivity contribution in [2.45, 2.75) is 6.92 Å². The zero-order valence-corrected chi connectivity index (χ0v) is 11.7. The number of benzene rings is 1. The molecule has 0 radical (unpaired) electrons. The molecule has 0 amide bonds. The van der Waals surface area contributed by atoms with Crippen LogP contribution in [0.25, 0.3) is 22.2 Å². The summed E-state index contributed by atoms with van der Waals surface area (Å²) in [5.74, 6) is -0.516. The minimum atomic E-state index is -1.06. The summed E-state index contributed by atoms with van der Waals surface area (Å²) in [5.41, 5.74) is 3.47. The molecule has 2 N–H and O–H groups in total. The number of nitrogens with one attached hydrogen (secondary N) is 1. The van der Waals surface area contributed by atoms with Crippen LogP contribution in [0.2, 0.25) is 0 Å². The number of aromatic carboxylic acids is 1. The van der Waals surface area contributed by atoms with Gasteiger partial charge < -0.3 is 14.8 Å². The molecule has 5 heteroatoms. The molecule has 0 unspecified atom stereocenters. The molecule has 0 aliphatic heterocycles. The Morgan fingerprint density at radius 1 is 1.29 bits per heavy atom. The van der Waals surface area contributed by atoms with Gasteiger partial charge in [-0.2, -0.15) is 0 Å². The quantitative estimate of drug-likeness (QED) is 0.773. The number of hydrogen-bond donors (Lipinski definition) is 2. The number of pyridine rings is 1. The molecule has 0 aliphatic carbocycles. The van der Waals surface area contributed by atoms with E-state index in [1.807, 2.05) is 31.3 Å². The van der Waals surface area contributed by atoms with Gasteiger partial charge in [0.2, 0.25) is 0 Å². The van der Waals surface area contributed by atoms with Gasteiger partial charge in [0, 0.05) is 22.7 Å². The molecule has 0 fully saturated rings. The highest BCUT2D eigenvalue weighted by Gasteiger charge is 2.16. The van der Waals surface area contributed by atoms with Crippen LogP contribution < -0.4 is 4.74 Å². The van der Waals surface area contributed by atoms with Gasteiger partial charge in [-0.15, -0.1) is 0 Å². The van der Waals surface area contributed by atoms with Crippen LogP contribution in [0.1, 0.15) is 16.1 Å². The second-order valence-corrected chi connectivity index (χ2v) is 4.75. The van der Waals surface area contributed by atoms with Crippen molar-refractivity contribution in [3.8, 4) is 17.0 Å². The van der Waals surface area contributed by atoms with Crippen LogP contribution in [0, 0.1) is 6.92 Å². The summed E-state index contributed by atoms with van der Waals surface area (Å²) in [7, 11) is 1.54.